The molecule has 0 aliphatic carbocycles. The second-order valence-electron chi connectivity index (χ2n) is 6.75. The SMILES string of the molecule is CCNC(=NCc1ccc(NC(=O)NC(C)C)cc1)NCCC(C)C.I. The minimum Gasteiger partial charge on any atom is -0.357 e. The third kappa shape index (κ3) is 11.2. The van der Waals surface area contributed by atoms with Gasteiger partial charge in [0.25, 0.3) is 0 Å². The second-order valence-corrected chi connectivity index (χ2v) is 6.75. The standard InChI is InChI=1S/C19H33N5O.HI/c1-6-20-18(21-12-11-14(2)3)22-13-16-7-9-17(10-8-16)24-19(25)23-15(4)5;/h7-10,14-15H,6,11-13H2,1-5H3,(H2,20,21,22)(H2,23,24,25);1H. The van der Waals surface area contributed by atoms with Crippen LogP contribution in [0.2, 0.25) is 0 Å². The summed E-state index contributed by atoms with van der Waals surface area (Å²) < 4.78 is 0. The van der Waals surface area contributed by atoms with E-state index in [0.717, 1.165) is 36.7 Å². The lowest BCUT2D eigenvalue weighted by Gasteiger charge is -2.12. The maximum Gasteiger partial charge on any atom is 0.319 e. The molecule has 0 unspecified atom stereocenters. The molecule has 0 aromatic heterocycles. The number of anilines is 1. The number of nitrogens with zero attached hydrogens (tertiary/aromatic N) is 1. The average molecular weight is 475 g/mol. The molecule has 0 saturated carbocycles. The second kappa shape index (κ2) is 13.7. The number of urea groups is 1. The molecule has 1 rings (SSSR count). The van der Waals surface area contributed by atoms with Gasteiger partial charge in [0.15, 0.2) is 5.96 Å². The molecule has 0 saturated heterocycles. The maximum atomic E-state index is 11.7. The van der Waals surface area contributed by atoms with Gasteiger partial charge in [-0.15, -0.1) is 24.0 Å². The van der Waals surface area contributed by atoms with Gasteiger partial charge in [0.1, 0.15) is 0 Å². The lowest BCUT2D eigenvalue weighted by Crippen LogP contribution is -2.38. The van der Waals surface area contributed by atoms with E-state index in [2.05, 4.69) is 47.0 Å². The van der Waals surface area contributed by atoms with Gasteiger partial charge in [0, 0.05) is 24.8 Å². The highest BCUT2D eigenvalue weighted by Gasteiger charge is 2.03. The molecular weight excluding hydrogens is 441 g/mol. The molecule has 7 heteroatoms. The summed E-state index contributed by atoms with van der Waals surface area (Å²) in [4.78, 5) is 16.3. The molecule has 0 fully saturated rings. The molecule has 2 amide bonds. The van der Waals surface area contributed by atoms with Gasteiger partial charge in [-0.3, -0.25) is 0 Å². The van der Waals surface area contributed by atoms with Crippen molar-refractivity contribution in [3.05, 3.63) is 29.8 Å². The van der Waals surface area contributed by atoms with Crippen molar-refractivity contribution >= 4 is 41.7 Å². The Bertz CT molecular complexity index is 543. The summed E-state index contributed by atoms with van der Waals surface area (Å²) in [5.41, 5.74) is 1.86. The first kappa shape index (κ1) is 24.5. The molecule has 0 aliphatic rings. The van der Waals surface area contributed by atoms with Gasteiger partial charge in [0.2, 0.25) is 0 Å². The van der Waals surface area contributed by atoms with Gasteiger partial charge in [-0.1, -0.05) is 26.0 Å². The number of hydrogen-bond donors (Lipinski definition) is 4. The number of carbonyl (C=O) groups excluding carboxylic acids is 1. The topological polar surface area (TPSA) is 77.5 Å². The first-order chi connectivity index (χ1) is 11.9. The van der Waals surface area contributed by atoms with E-state index in [9.17, 15) is 4.79 Å². The lowest BCUT2D eigenvalue weighted by atomic mass is 10.1. The molecule has 0 radical (unpaired) electrons. The Kier molecular flexibility index (Phi) is 12.9. The fraction of sp³-hybridized carbons (Fsp3) is 0.579. The van der Waals surface area contributed by atoms with E-state index in [1.807, 2.05) is 38.1 Å². The third-order valence-corrected chi connectivity index (χ3v) is 3.41. The minimum atomic E-state index is -0.190. The zero-order chi connectivity index (χ0) is 18.7. The number of carbonyl (C=O) groups is 1. The molecule has 26 heavy (non-hydrogen) atoms. The van der Waals surface area contributed by atoms with Gasteiger partial charge < -0.3 is 21.3 Å². The average Bonchev–Trinajstić information content (AvgIpc) is 2.52. The number of nitrogens with one attached hydrogen (secondary N) is 4. The third-order valence-electron chi connectivity index (χ3n) is 3.41. The molecule has 1 aromatic rings. The van der Waals surface area contributed by atoms with Crippen molar-refractivity contribution in [2.24, 2.45) is 10.9 Å². The number of guanidine groups is 1. The Morgan fingerprint density at radius 1 is 1.08 bits per heavy atom. The summed E-state index contributed by atoms with van der Waals surface area (Å²) in [6.45, 7) is 12.7. The fourth-order valence-electron chi connectivity index (χ4n) is 2.11. The van der Waals surface area contributed by atoms with E-state index in [-0.39, 0.29) is 36.0 Å². The molecule has 0 heterocycles. The van der Waals surface area contributed by atoms with Gasteiger partial charge in [0.05, 0.1) is 6.54 Å². The largest absolute Gasteiger partial charge is 0.357 e. The Hall–Kier alpha value is -1.51. The first-order valence-electron chi connectivity index (χ1n) is 9.09. The first-order valence-corrected chi connectivity index (χ1v) is 9.09. The van der Waals surface area contributed by atoms with Gasteiger partial charge >= 0.3 is 6.03 Å². The van der Waals surface area contributed by atoms with Crippen LogP contribution in [-0.2, 0) is 6.54 Å². The van der Waals surface area contributed by atoms with E-state index in [0.29, 0.717) is 12.5 Å². The predicted octanol–water partition coefficient (Wildman–Crippen LogP) is 3.94. The highest BCUT2D eigenvalue weighted by molar-refractivity contribution is 14.0. The van der Waals surface area contributed by atoms with Crippen molar-refractivity contribution < 1.29 is 4.79 Å². The Morgan fingerprint density at radius 3 is 2.27 bits per heavy atom. The van der Waals surface area contributed by atoms with E-state index in [1.54, 1.807) is 0 Å². The monoisotopic (exact) mass is 475 g/mol. The Morgan fingerprint density at radius 2 is 1.73 bits per heavy atom. The van der Waals surface area contributed by atoms with E-state index >= 15 is 0 Å². The summed E-state index contributed by atoms with van der Waals surface area (Å²) in [6, 6.07) is 7.66. The number of hydrogen-bond acceptors (Lipinski definition) is 2. The van der Waals surface area contributed by atoms with Crippen LogP contribution in [0.1, 0.15) is 46.6 Å². The van der Waals surface area contributed by atoms with Crippen LogP contribution in [0.5, 0.6) is 0 Å². The van der Waals surface area contributed by atoms with Crippen LogP contribution in [0.15, 0.2) is 29.3 Å². The van der Waals surface area contributed by atoms with Crippen molar-refractivity contribution in [3.8, 4) is 0 Å². The highest BCUT2D eigenvalue weighted by Crippen LogP contribution is 2.10. The van der Waals surface area contributed by atoms with Gasteiger partial charge in [-0.05, 0) is 50.8 Å². The fourth-order valence-corrected chi connectivity index (χ4v) is 2.11. The van der Waals surface area contributed by atoms with E-state index in [1.165, 1.54) is 0 Å². The van der Waals surface area contributed by atoms with Crippen molar-refractivity contribution in [1.29, 1.82) is 0 Å². The van der Waals surface area contributed by atoms with Crippen molar-refractivity contribution in [2.75, 3.05) is 18.4 Å². The Labute approximate surface area is 175 Å². The van der Waals surface area contributed by atoms with Crippen LogP contribution >= 0.6 is 24.0 Å². The van der Waals surface area contributed by atoms with Crippen LogP contribution in [0, 0.1) is 5.92 Å². The summed E-state index contributed by atoms with van der Waals surface area (Å²) in [6.07, 6.45) is 1.11. The normalized spacial score (nSPS) is 11.1. The number of aliphatic imine (C=N–C) groups is 1. The maximum absolute atomic E-state index is 11.7. The molecule has 0 bridgehead atoms. The van der Waals surface area contributed by atoms with Crippen LogP contribution in [0.4, 0.5) is 10.5 Å². The van der Waals surface area contributed by atoms with Crippen molar-refractivity contribution in [3.63, 3.8) is 0 Å². The molecule has 0 atom stereocenters. The lowest BCUT2D eigenvalue weighted by molar-refractivity contribution is 0.250. The molecule has 0 aliphatic heterocycles. The van der Waals surface area contributed by atoms with E-state index < -0.39 is 0 Å². The quantitative estimate of drug-likeness (QED) is 0.261. The van der Waals surface area contributed by atoms with Crippen LogP contribution < -0.4 is 21.3 Å². The van der Waals surface area contributed by atoms with Gasteiger partial charge in [-0.25, -0.2) is 9.79 Å². The molecule has 6 nitrogen and oxygen atoms in total. The molecule has 1 aromatic carbocycles. The number of benzene rings is 1. The molecular formula is C19H34IN5O. The number of rotatable bonds is 8. The zero-order valence-corrected chi connectivity index (χ0v) is 18.9. The summed E-state index contributed by atoms with van der Waals surface area (Å²) in [7, 11) is 0. The number of halogens is 1. The minimum absolute atomic E-state index is 0. The number of amides is 2. The molecule has 4 N–H and O–H groups in total. The predicted molar refractivity (Wildman–Crippen MR) is 121 cm³/mol. The van der Waals surface area contributed by atoms with Gasteiger partial charge in [-0.2, -0.15) is 0 Å². The molecule has 148 valence electrons. The van der Waals surface area contributed by atoms with E-state index in [4.69, 9.17) is 0 Å². The summed E-state index contributed by atoms with van der Waals surface area (Å²) in [5.74, 6) is 1.50. The highest BCUT2D eigenvalue weighted by atomic mass is 127. The van der Waals surface area contributed by atoms with Crippen molar-refractivity contribution in [1.82, 2.24) is 16.0 Å². The Balaban J connectivity index is 0.00000625. The smallest absolute Gasteiger partial charge is 0.319 e. The van der Waals surface area contributed by atoms with Crippen LogP contribution in [0.3, 0.4) is 0 Å². The van der Waals surface area contributed by atoms with Crippen LogP contribution in [-0.4, -0.2) is 31.1 Å². The summed E-state index contributed by atoms with van der Waals surface area (Å²) in [5, 5.41) is 12.2. The zero-order valence-electron chi connectivity index (χ0n) is 16.6. The molecule has 0 spiro atoms. The van der Waals surface area contributed by atoms with Crippen molar-refractivity contribution in [2.45, 2.75) is 53.6 Å². The van der Waals surface area contributed by atoms with Crippen LogP contribution in [0.25, 0.3) is 0 Å². The summed E-state index contributed by atoms with van der Waals surface area (Å²) >= 11 is 0.